The van der Waals surface area contributed by atoms with Crippen LogP contribution in [-0.4, -0.2) is 65.0 Å². The zero-order valence-electron chi connectivity index (χ0n) is 11.4. The van der Waals surface area contributed by atoms with Crippen molar-refractivity contribution in [1.82, 2.24) is 4.90 Å². The maximum absolute atomic E-state index is 13.9. The van der Waals surface area contributed by atoms with Gasteiger partial charge in [0.2, 0.25) is 6.79 Å². The third-order valence-electron chi connectivity index (χ3n) is 3.92. The minimum Gasteiger partial charge on any atom is -0.454 e. The Labute approximate surface area is 121 Å². The van der Waals surface area contributed by atoms with E-state index in [1.54, 1.807) is 11.0 Å². The van der Waals surface area contributed by atoms with Gasteiger partial charge in [0.05, 0.1) is 12.2 Å². The lowest BCUT2D eigenvalue weighted by Crippen LogP contribution is -2.55. The molecule has 3 atom stereocenters. The number of benzene rings is 1. The number of nitrogens with zero attached hydrogens (tertiary/aromatic N) is 1. The summed E-state index contributed by atoms with van der Waals surface area (Å²) in [6, 6.07) is 2.92. The smallest absolute Gasteiger partial charge is 0.231 e. The van der Waals surface area contributed by atoms with Crippen molar-refractivity contribution < 1.29 is 29.2 Å². The van der Waals surface area contributed by atoms with E-state index in [2.05, 4.69) is 0 Å². The highest BCUT2D eigenvalue weighted by molar-refractivity contribution is 5.45. The van der Waals surface area contributed by atoms with E-state index in [1.807, 2.05) is 0 Å². The summed E-state index contributed by atoms with van der Waals surface area (Å²) in [5.41, 5.74) is 0.495. The first kappa shape index (κ1) is 14.5. The fourth-order valence-electron chi connectivity index (χ4n) is 2.69. The van der Waals surface area contributed by atoms with E-state index in [0.29, 0.717) is 30.0 Å². The quantitative estimate of drug-likeness (QED) is 0.698. The first-order valence-corrected chi connectivity index (χ1v) is 6.89. The number of piperidine rings is 1. The van der Waals surface area contributed by atoms with E-state index < -0.39 is 18.3 Å². The second kappa shape index (κ2) is 5.76. The van der Waals surface area contributed by atoms with Crippen LogP contribution in [0.15, 0.2) is 12.1 Å². The maximum Gasteiger partial charge on any atom is 0.231 e. The van der Waals surface area contributed by atoms with Crippen molar-refractivity contribution in [3.05, 3.63) is 23.5 Å². The predicted molar refractivity (Wildman–Crippen MR) is 70.7 cm³/mol. The molecule has 2 aliphatic rings. The number of fused-ring (bicyclic) bond motifs is 1. The van der Waals surface area contributed by atoms with Crippen LogP contribution in [0.1, 0.15) is 5.56 Å². The average molecular weight is 299 g/mol. The van der Waals surface area contributed by atoms with Crippen molar-refractivity contribution in [2.45, 2.75) is 24.7 Å². The predicted octanol–water partition coefficient (Wildman–Crippen LogP) is -0.505. The monoisotopic (exact) mass is 299 g/mol. The molecule has 6 nitrogen and oxygen atoms in total. The molecule has 0 spiro atoms. The highest BCUT2D eigenvalue weighted by Crippen LogP contribution is 2.34. The molecule has 1 fully saturated rings. The molecule has 1 aromatic rings. The fraction of sp³-hybridized carbons (Fsp3) is 0.571. The van der Waals surface area contributed by atoms with Gasteiger partial charge in [-0.05, 0) is 18.1 Å². The van der Waals surface area contributed by atoms with Crippen molar-refractivity contribution in [2.75, 3.05) is 26.4 Å². The molecule has 2 aliphatic heterocycles. The Kier molecular flexibility index (Phi) is 3.99. The molecule has 0 bridgehead atoms. The van der Waals surface area contributed by atoms with Crippen molar-refractivity contribution >= 4 is 0 Å². The number of halogens is 1. The van der Waals surface area contributed by atoms with Crippen LogP contribution in [0.4, 0.5) is 4.39 Å². The number of likely N-dealkylation sites (tertiary alicyclic amines) is 1. The van der Waals surface area contributed by atoms with Gasteiger partial charge in [-0.3, -0.25) is 4.90 Å². The van der Waals surface area contributed by atoms with Crippen LogP contribution in [0.2, 0.25) is 0 Å². The lowest BCUT2D eigenvalue weighted by Gasteiger charge is -2.36. The topological polar surface area (TPSA) is 82.4 Å². The molecule has 0 aromatic heterocycles. The van der Waals surface area contributed by atoms with E-state index in [1.165, 1.54) is 6.07 Å². The van der Waals surface area contributed by atoms with Crippen molar-refractivity contribution in [1.29, 1.82) is 0 Å². The zero-order valence-corrected chi connectivity index (χ0v) is 11.4. The van der Waals surface area contributed by atoms with Gasteiger partial charge in [-0.15, -0.1) is 0 Å². The molecule has 0 aliphatic carbocycles. The maximum atomic E-state index is 13.9. The Bertz CT molecular complexity index is 514. The van der Waals surface area contributed by atoms with Gasteiger partial charge in [0, 0.05) is 25.7 Å². The number of aliphatic hydroxyl groups excluding tert-OH is 3. The van der Waals surface area contributed by atoms with Gasteiger partial charge in [0.25, 0.3) is 0 Å². The van der Waals surface area contributed by atoms with Crippen LogP contribution in [0.5, 0.6) is 11.5 Å². The molecule has 0 saturated carbocycles. The Hall–Kier alpha value is -1.41. The summed E-state index contributed by atoms with van der Waals surface area (Å²) in [6.45, 7) is 1.08. The Morgan fingerprint density at radius 1 is 1.10 bits per heavy atom. The lowest BCUT2D eigenvalue weighted by atomic mass is 10.0. The van der Waals surface area contributed by atoms with E-state index in [4.69, 9.17) is 9.47 Å². The van der Waals surface area contributed by atoms with Crippen molar-refractivity contribution in [3.8, 4) is 11.5 Å². The standard InChI is InChI=1S/C14H18FNO5/c15-9-4-13-12(20-7-21-13)3-8(9)1-2-16-5-10(17)14(19)11(18)6-16/h3-4,10-11,14,17-19H,1-2,5-7H2/t10-,11+,14?. The summed E-state index contributed by atoms with van der Waals surface area (Å²) in [5.74, 6) is 0.570. The molecule has 0 amide bonds. The SMILES string of the molecule is OC1[C@H](O)CN(CCc2cc3c(cc2F)OCO3)C[C@@H]1O. The van der Waals surface area contributed by atoms with Gasteiger partial charge in [-0.2, -0.15) is 0 Å². The number of hydrogen-bond donors (Lipinski definition) is 3. The summed E-state index contributed by atoms with van der Waals surface area (Å²) in [6.07, 6.45) is -2.69. The first-order chi connectivity index (χ1) is 10.0. The molecule has 116 valence electrons. The second-order valence-electron chi connectivity index (χ2n) is 5.43. The summed E-state index contributed by atoms with van der Waals surface area (Å²) >= 11 is 0. The van der Waals surface area contributed by atoms with Crippen LogP contribution in [0, 0.1) is 5.82 Å². The molecular weight excluding hydrogens is 281 g/mol. The summed E-state index contributed by atoms with van der Waals surface area (Å²) < 4.78 is 24.2. The summed E-state index contributed by atoms with van der Waals surface area (Å²) in [4.78, 5) is 1.80. The minimum atomic E-state index is -1.12. The van der Waals surface area contributed by atoms with Gasteiger partial charge in [0.15, 0.2) is 11.5 Å². The summed E-state index contributed by atoms with van der Waals surface area (Å²) in [7, 11) is 0. The third-order valence-corrected chi connectivity index (χ3v) is 3.92. The normalized spacial score (nSPS) is 28.9. The Morgan fingerprint density at radius 3 is 2.38 bits per heavy atom. The molecule has 7 heteroatoms. The molecule has 1 saturated heterocycles. The highest BCUT2D eigenvalue weighted by atomic mass is 19.1. The molecule has 0 radical (unpaired) electrons. The van der Waals surface area contributed by atoms with Gasteiger partial charge in [-0.25, -0.2) is 4.39 Å². The van der Waals surface area contributed by atoms with Crippen LogP contribution < -0.4 is 9.47 Å². The van der Waals surface area contributed by atoms with Crippen molar-refractivity contribution in [2.24, 2.45) is 0 Å². The van der Waals surface area contributed by atoms with E-state index >= 15 is 0 Å². The number of rotatable bonds is 3. The fourth-order valence-corrected chi connectivity index (χ4v) is 2.69. The number of aliphatic hydroxyl groups is 3. The summed E-state index contributed by atoms with van der Waals surface area (Å²) in [5, 5.41) is 28.8. The zero-order chi connectivity index (χ0) is 15.0. The van der Waals surface area contributed by atoms with Crippen LogP contribution in [-0.2, 0) is 6.42 Å². The molecule has 3 rings (SSSR count). The largest absolute Gasteiger partial charge is 0.454 e. The van der Waals surface area contributed by atoms with Gasteiger partial charge >= 0.3 is 0 Å². The average Bonchev–Trinajstić information content (AvgIpc) is 2.89. The number of ether oxygens (including phenoxy) is 2. The minimum absolute atomic E-state index is 0.0978. The van der Waals surface area contributed by atoms with Crippen LogP contribution >= 0.6 is 0 Å². The molecule has 1 aromatic carbocycles. The van der Waals surface area contributed by atoms with Crippen LogP contribution in [0.3, 0.4) is 0 Å². The highest BCUT2D eigenvalue weighted by Gasteiger charge is 2.33. The number of β-amino-alcohol motifs (C(OH)–C–C–N with tert-alkyl or cyclic N) is 2. The van der Waals surface area contributed by atoms with Gasteiger partial charge in [-0.1, -0.05) is 0 Å². The molecule has 21 heavy (non-hydrogen) atoms. The van der Waals surface area contributed by atoms with Crippen LogP contribution in [0.25, 0.3) is 0 Å². The number of hydrogen-bond acceptors (Lipinski definition) is 6. The lowest BCUT2D eigenvalue weighted by molar-refractivity contribution is -0.109. The van der Waals surface area contributed by atoms with Gasteiger partial charge < -0.3 is 24.8 Å². The van der Waals surface area contributed by atoms with E-state index in [9.17, 15) is 19.7 Å². The van der Waals surface area contributed by atoms with Crippen molar-refractivity contribution in [3.63, 3.8) is 0 Å². The van der Waals surface area contributed by atoms with Gasteiger partial charge in [0.1, 0.15) is 11.9 Å². The van der Waals surface area contributed by atoms with E-state index in [0.717, 1.165) is 0 Å². The molecule has 3 N–H and O–H groups in total. The Morgan fingerprint density at radius 2 is 1.71 bits per heavy atom. The molecule has 2 heterocycles. The second-order valence-corrected chi connectivity index (χ2v) is 5.43. The Balaban J connectivity index is 1.63. The molecule has 1 unspecified atom stereocenters. The van der Waals surface area contributed by atoms with E-state index in [-0.39, 0.29) is 25.7 Å². The third kappa shape index (κ3) is 2.96. The first-order valence-electron chi connectivity index (χ1n) is 6.89. The molecular formula is C14H18FNO5.